The topological polar surface area (TPSA) is 138 Å². The molecule has 0 aromatic heterocycles. The van der Waals surface area contributed by atoms with Crippen molar-refractivity contribution in [3.8, 4) is 0 Å². The van der Waals surface area contributed by atoms with Crippen LogP contribution in [0.4, 0.5) is 11.4 Å². The molecule has 0 saturated carbocycles. The highest BCUT2D eigenvalue weighted by molar-refractivity contribution is 6.03. The number of aromatic carboxylic acids is 1. The second-order valence-corrected chi connectivity index (χ2v) is 5.63. The van der Waals surface area contributed by atoms with Crippen molar-refractivity contribution < 1.29 is 9.90 Å². The van der Waals surface area contributed by atoms with E-state index in [1.54, 1.807) is 18.2 Å². The van der Waals surface area contributed by atoms with Crippen LogP contribution in [0.2, 0.25) is 0 Å². The molecule has 3 rings (SSSR count). The number of amidine groups is 1. The first-order chi connectivity index (χ1) is 12.4. The van der Waals surface area contributed by atoms with Gasteiger partial charge in [-0.3, -0.25) is 5.41 Å². The molecule has 0 fully saturated rings. The molecule has 0 amide bonds. The smallest absolute Gasteiger partial charge is 0.335 e. The molecule has 3 aromatic carbocycles. The molecule has 0 saturated heterocycles. The molecule has 0 aliphatic heterocycles. The number of nitrogens with zero attached hydrogens (tertiary/aromatic N) is 1. The van der Waals surface area contributed by atoms with Crippen molar-refractivity contribution in [3.63, 3.8) is 0 Å². The molecule has 0 spiro atoms. The third kappa shape index (κ3) is 3.62. The van der Waals surface area contributed by atoms with Crippen molar-refractivity contribution in [2.45, 2.75) is 0 Å². The van der Waals surface area contributed by atoms with E-state index < -0.39 is 5.97 Å². The minimum absolute atomic E-state index is 0.00629. The number of carboxylic acid groups (broad SMARTS) is 1. The van der Waals surface area contributed by atoms with Crippen molar-refractivity contribution in [1.82, 2.24) is 0 Å². The lowest BCUT2D eigenvalue weighted by Gasteiger charge is -2.08. The van der Waals surface area contributed by atoms with Crippen LogP contribution in [0.3, 0.4) is 0 Å². The number of hydrogen-bond acceptors (Lipinski definition) is 3. The van der Waals surface area contributed by atoms with E-state index in [-0.39, 0.29) is 17.4 Å². The van der Waals surface area contributed by atoms with Gasteiger partial charge in [0.1, 0.15) is 5.84 Å². The van der Waals surface area contributed by atoms with E-state index in [9.17, 15) is 4.79 Å². The summed E-state index contributed by atoms with van der Waals surface area (Å²) < 4.78 is 0. The molecule has 0 unspecified atom stereocenters. The Labute approximate surface area is 149 Å². The van der Waals surface area contributed by atoms with Gasteiger partial charge in [-0.15, -0.1) is 0 Å². The number of aliphatic imine (C=N–C) groups is 1. The van der Waals surface area contributed by atoms with Crippen LogP contribution in [-0.2, 0) is 0 Å². The van der Waals surface area contributed by atoms with Gasteiger partial charge in [0.25, 0.3) is 0 Å². The van der Waals surface area contributed by atoms with E-state index in [0.29, 0.717) is 16.9 Å². The fourth-order valence-electron chi connectivity index (χ4n) is 2.53. The van der Waals surface area contributed by atoms with Gasteiger partial charge in [-0.05, 0) is 41.8 Å². The largest absolute Gasteiger partial charge is 0.478 e. The summed E-state index contributed by atoms with van der Waals surface area (Å²) in [6.45, 7) is 0. The lowest BCUT2D eigenvalue weighted by atomic mass is 10.1. The number of carboxylic acids is 1. The number of nitrogen functional groups attached to an aromatic ring is 1. The minimum Gasteiger partial charge on any atom is -0.478 e. The average molecular weight is 347 g/mol. The fraction of sp³-hybridized carbons (Fsp3) is 0. The lowest BCUT2D eigenvalue weighted by Crippen LogP contribution is -2.21. The normalized spacial score (nSPS) is 11.3. The van der Waals surface area contributed by atoms with Gasteiger partial charge < -0.3 is 21.9 Å². The van der Waals surface area contributed by atoms with E-state index in [4.69, 9.17) is 22.0 Å². The second-order valence-electron chi connectivity index (χ2n) is 5.63. The molecular weight excluding hydrogens is 330 g/mol. The first kappa shape index (κ1) is 17.0. The van der Waals surface area contributed by atoms with Crippen molar-refractivity contribution >= 4 is 39.9 Å². The number of carbonyl (C=O) groups is 1. The van der Waals surface area contributed by atoms with Crippen LogP contribution in [0, 0.1) is 5.41 Å². The van der Waals surface area contributed by atoms with Crippen molar-refractivity contribution in [2.24, 2.45) is 16.5 Å². The third-order valence-electron chi connectivity index (χ3n) is 3.81. The zero-order valence-corrected chi connectivity index (χ0v) is 13.7. The van der Waals surface area contributed by atoms with Gasteiger partial charge >= 0.3 is 5.97 Å². The number of rotatable bonds is 4. The second kappa shape index (κ2) is 6.94. The average Bonchev–Trinajstić information content (AvgIpc) is 2.61. The molecule has 0 aliphatic rings. The Kier molecular flexibility index (Phi) is 4.53. The molecule has 0 radical (unpaired) electrons. The maximum Gasteiger partial charge on any atom is 0.335 e. The van der Waals surface area contributed by atoms with Gasteiger partial charge in [0.05, 0.1) is 11.3 Å². The molecule has 3 aromatic rings. The Morgan fingerprint density at radius 3 is 2.35 bits per heavy atom. The lowest BCUT2D eigenvalue weighted by molar-refractivity contribution is 0.0697. The summed E-state index contributed by atoms with van der Waals surface area (Å²) in [5.74, 6) is -0.804. The molecule has 0 atom stereocenters. The monoisotopic (exact) mass is 347 g/mol. The first-order valence-corrected chi connectivity index (χ1v) is 7.76. The number of nitrogens with two attached hydrogens (primary N) is 2. The van der Waals surface area contributed by atoms with E-state index in [2.05, 4.69) is 10.3 Å². The maximum absolute atomic E-state index is 10.9. The molecule has 26 heavy (non-hydrogen) atoms. The minimum atomic E-state index is -0.987. The molecule has 7 N–H and O–H groups in total. The van der Waals surface area contributed by atoms with Crippen LogP contribution in [0.1, 0.15) is 15.9 Å². The molecule has 0 aliphatic carbocycles. The SMILES string of the molecule is N=C(N)c1ccc2c(N=C(N)Nc3ccc(C(=O)O)cc3)cccc2c1. The van der Waals surface area contributed by atoms with Gasteiger partial charge in [-0.1, -0.05) is 24.3 Å². The highest BCUT2D eigenvalue weighted by Crippen LogP contribution is 2.27. The van der Waals surface area contributed by atoms with Gasteiger partial charge in [0.15, 0.2) is 5.96 Å². The van der Waals surface area contributed by atoms with Crippen LogP contribution in [-0.4, -0.2) is 22.9 Å². The molecule has 0 heterocycles. The van der Waals surface area contributed by atoms with Crippen molar-refractivity contribution in [2.75, 3.05) is 5.32 Å². The van der Waals surface area contributed by atoms with Crippen LogP contribution in [0.25, 0.3) is 10.8 Å². The first-order valence-electron chi connectivity index (χ1n) is 7.76. The standard InChI is InChI=1S/C19H17N5O2/c20-17(21)13-6-9-15-12(10-13)2-1-3-16(15)24-19(22)23-14-7-4-11(5-8-14)18(25)26/h1-10H,(H3,20,21)(H,25,26)(H3,22,23,24). The van der Waals surface area contributed by atoms with Crippen molar-refractivity contribution in [1.29, 1.82) is 5.41 Å². The Bertz CT molecular complexity index is 1030. The van der Waals surface area contributed by atoms with Crippen LogP contribution >= 0.6 is 0 Å². The Morgan fingerprint density at radius 2 is 1.69 bits per heavy atom. The Hall–Kier alpha value is -3.87. The number of fused-ring (bicyclic) bond motifs is 1. The highest BCUT2D eigenvalue weighted by Gasteiger charge is 2.05. The molecular formula is C19H17N5O2. The molecule has 7 nitrogen and oxygen atoms in total. The van der Waals surface area contributed by atoms with E-state index in [1.165, 1.54) is 12.1 Å². The summed E-state index contributed by atoms with van der Waals surface area (Å²) >= 11 is 0. The summed E-state index contributed by atoms with van der Waals surface area (Å²) in [4.78, 5) is 15.3. The van der Waals surface area contributed by atoms with Crippen molar-refractivity contribution in [3.05, 3.63) is 71.8 Å². The number of guanidine groups is 1. The molecule has 0 bridgehead atoms. The number of nitrogens with one attached hydrogen (secondary N) is 2. The van der Waals surface area contributed by atoms with Gasteiger partial charge in [0.2, 0.25) is 0 Å². The predicted molar refractivity (Wildman–Crippen MR) is 103 cm³/mol. The summed E-state index contributed by atoms with van der Waals surface area (Å²) in [6, 6.07) is 17.2. The number of benzene rings is 3. The summed E-state index contributed by atoms with van der Waals surface area (Å²) in [5.41, 5.74) is 13.6. The quantitative estimate of drug-likeness (QED) is 0.365. The van der Waals surface area contributed by atoms with E-state index in [1.807, 2.05) is 30.3 Å². The van der Waals surface area contributed by atoms with E-state index in [0.717, 1.165) is 10.8 Å². The summed E-state index contributed by atoms with van der Waals surface area (Å²) in [6.07, 6.45) is 0. The van der Waals surface area contributed by atoms with Crippen LogP contribution in [0.5, 0.6) is 0 Å². The van der Waals surface area contributed by atoms with Gasteiger partial charge in [-0.25, -0.2) is 9.79 Å². The van der Waals surface area contributed by atoms with Gasteiger partial charge in [0, 0.05) is 16.6 Å². The Balaban J connectivity index is 1.88. The number of hydrogen-bond donors (Lipinski definition) is 5. The summed E-state index contributed by atoms with van der Waals surface area (Å²) in [5, 5.41) is 21.2. The fourth-order valence-corrected chi connectivity index (χ4v) is 2.53. The summed E-state index contributed by atoms with van der Waals surface area (Å²) in [7, 11) is 0. The Morgan fingerprint density at radius 1 is 1.00 bits per heavy atom. The molecule has 7 heteroatoms. The third-order valence-corrected chi connectivity index (χ3v) is 3.81. The van der Waals surface area contributed by atoms with Gasteiger partial charge in [-0.2, -0.15) is 0 Å². The zero-order valence-electron chi connectivity index (χ0n) is 13.7. The zero-order chi connectivity index (χ0) is 18.7. The maximum atomic E-state index is 10.9. The van der Waals surface area contributed by atoms with Crippen LogP contribution < -0.4 is 16.8 Å². The number of anilines is 1. The van der Waals surface area contributed by atoms with Crippen LogP contribution in [0.15, 0.2) is 65.7 Å². The molecule has 130 valence electrons. The predicted octanol–water partition coefficient (Wildman–Crippen LogP) is 2.88. The van der Waals surface area contributed by atoms with E-state index >= 15 is 0 Å². The highest BCUT2D eigenvalue weighted by atomic mass is 16.4.